The lowest BCUT2D eigenvalue weighted by atomic mass is 9.92. The molecule has 0 fully saturated rings. The van der Waals surface area contributed by atoms with Crippen LogP contribution in [0.25, 0.3) is 11.9 Å². The lowest BCUT2D eigenvalue weighted by molar-refractivity contribution is -0.113. The first kappa shape index (κ1) is 20.7. The van der Waals surface area contributed by atoms with E-state index in [1.165, 1.54) is 0 Å². The number of ether oxygens (including phenoxy) is 2. The molecule has 0 atom stereocenters. The number of carbonyl (C=O) groups is 1. The minimum absolute atomic E-state index is 0.159. The average Bonchev–Trinajstić information content (AvgIpc) is 3.19. The molecule has 0 saturated heterocycles. The van der Waals surface area contributed by atoms with Crippen LogP contribution >= 0.6 is 0 Å². The first-order valence-electron chi connectivity index (χ1n) is 10.3. The average molecular weight is 418 g/mol. The number of pyridine rings is 1. The molecule has 1 amide bonds. The first-order chi connectivity index (χ1) is 14.9. The Hall–Kier alpha value is -3.61. The molecule has 0 aliphatic carbocycles. The van der Waals surface area contributed by atoms with Crippen LogP contribution in [0, 0.1) is 0 Å². The molecular formula is C24H26N4O3. The predicted octanol–water partition coefficient (Wildman–Crippen LogP) is 4.38. The van der Waals surface area contributed by atoms with E-state index in [0.29, 0.717) is 35.3 Å². The number of carbonyl (C=O) groups excluding carboxylic acids is 1. The van der Waals surface area contributed by atoms with Crippen LogP contribution in [-0.4, -0.2) is 33.9 Å². The van der Waals surface area contributed by atoms with Crippen LogP contribution in [0.5, 0.6) is 11.5 Å². The molecule has 1 N–H and O–H groups in total. The maximum atomic E-state index is 13.1. The Morgan fingerprint density at radius 2 is 2.06 bits per heavy atom. The van der Waals surface area contributed by atoms with Crippen LogP contribution in [0.3, 0.4) is 0 Å². The molecule has 0 radical (unpaired) electrons. The zero-order chi connectivity index (χ0) is 22.0. The van der Waals surface area contributed by atoms with Gasteiger partial charge in [0.2, 0.25) is 0 Å². The summed E-state index contributed by atoms with van der Waals surface area (Å²) in [6.45, 7) is 8.86. The van der Waals surface area contributed by atoms with Gasteiger partial charge in [-0.05, 0) is 31.2 Å². The Kier molecular flexibility index (Phi) is 5.50. The van der Waals surface area contributed by atoms with E-state index in [2.05, 4.69) is 31.1 Å². The van der Waals surface area contributed by atoms with Gasteiger partial charge in [0.15, 0.2) is 17.3 Å². The quantitative estimate of drug-likeness (QED) is 0.665. The monoisotopic (exact) mass is 418 g/mol. The van der Waals surface area contributed by atoms with Crippen molar-refractivity contribution in [3.8, 4) is 17.3 Å². The van der Waals surface area contributed by atoms with E-state index < -0.39 is 0 Å². The summed E-state index contributed by atoms with van der Waals surface area (Å²) in [5.41, 5.74) is 2.01. The second-order valence-corrected chi connectivity index (χ2v) is 8.28. The first-order valence-corrected chi connectivity index (χ1v) is 10.3. The normalized spacial score (nSPS) is 13.1. The van der Waals surface area contributed by atoms with Gasteiger partial charge in [-0.1, -0.05) is 39.0 Å². The second-order valence-electron chi connectivity index (χ2n) is 8.28. The van der Waals surface area contributed by atoms with E-state index in [-0.39, 0.29) is 17.9 Å². The van der Waals surface area contributed by atoms with Gasteiger partial charge in [-0.25, -0.2) is 4.98 Å². The van der Waals surface area contributed by atoms with Crippen molar-refractivity contribution in [3.05, 3.63) is 65.5 Å². The Morgan fingerprint density at radius 3 is 2.77 bits per heavy atom. The van der Waals surface area contributed by atoms with Gasteiger partial charge in [-0.3, -0.25) is 4.79 Å². The molecular weight excluding hydrogens is 392 g/mol. The smallest absolute Gasteiger partial charge is 0.256 e. The van der Waals surface area contributed by atoms with Gasteiger partial charge < -0.3 is 14.8 Å². The van der Waals surface area contributed by atoms with Crippen molar-refractivity contribution in [2.45, 2.75) is 33.1 Å². The van der Waals surface area contributed by atoms with Gasteiger partial charge >= 0.3 is 0 Å². The zero-order valence-corrected chi connectivity index (χ0v) is 18.2. The van der Waals surface area contributed by atoms with Crippen LogP contribution in [0.4, 0.5) is 5.82 Å². The number of nitrogens with zero attached hydrogens (tertiary/aromatic N) is 3. The minimum atomic E-state index is -0.245. The van der Waals surface area contributed by atoms with Crippen molar-refractivity contribution in [2.75, 3.05) is 18.5 Å². The van der Waals surface area contributed by atoms with Crippen LogP contribution in [0.2, 0.25) is 0 Å². The Labute approximate surface area is 181 Å². The van der Waals surface area contributed by atoms with E-state index in [1.807, 2.05) is 55.5 Å². The number of anilines is 1. The van der Waals surface area contributed by atoms with Gasteiger partial charge in [0, 0.05) is 23.2 Å². The molecule has 4 rings (SSSR count). The van der Waals surface area contributed by atoms with E-state index in [1.54, 1.807) is 10.9 Å². The van der Waals surface area contributed by atoms with E-state index >= 15 is 0 Å². The summed E-state index contributed by atoms with van der Waals surface area (Å²) in [4.78, 5) is 17.5. The fourth-order valence-corrected chi connectivity index (χ4v) is 3.27. The van der Waals surface area contributed by atoms with Crippen molar-refractivity contribution < 1.29 is 14.3 Å². The van der Waals surface area contributed by atoms with Crippen LogP contribution in [0.15, 0.2) is 54.2 Å². The summed E-state index contributed by atoms with van der Waals surface area (Å²) in [6.07, 6.45) is 3.53. The zero-order valence-electron chi connectivity index (χ0n) is 18.2. The van der Waals surface area contributed by atoms with Crippen molar-refractivity contribution in [3.63, 3.8) is 0 Å². The third kappa shape index (κ3) is 4.30. The van der Waals surface area contributed by atoms with Crippen molar-refractivity contribution >= 4 is 17.8 Å². The highest BCUT2D eigenvalue weighted by molar-refractivity contribution is 6.07. The molecule has 0 unspecified atom stereocenters. The SMILES string of the molecule is CCOc1cccc2c1OCC(C(=O)Nc1cc(C(C)(C)C)nn1-c1ccccn1)=C2. The highest BCUT2D eigenvalue weighted by Gasteiger charge is 2.24. The molecule has 2 aromatic heterocycles. The fourth-order valence-electron chi connectivity index (χ4n) is 3.27. The molecule has 3 aromatic rings. The maximum absolute atomic E-state index is 13.1. The number of nitrogens with one attached hydrogen (secondary N) is 1. The summed E-state index contributed by atoms with van der Waals surface area (Å²) in [6, 6.07) is 13.1. The fraction of sp³-hybridized carbons (Fsp3) is 0.292. The lowest BCUT2D eigenvalue weighted by Crippen LogP contribution is -2.23. The molecule has 31 heavy (non-hydrogen) atoms. The Balaban J connectivity index is 1.65. The van der Waals surface area contributed by atoms with E-state index in [0.717, 1.165) is 11.3 Å². The highest BCUT2D eigenvalue weighted by atomic mass is 16.5. The van der Waals surface area contributed by atoms with Gasteiger partial charge in [0.25, 0.3) is 5.91 Å². The third-order valence-electron chi connectivity index (χ3n) is 4.89. The molecule has 7 nitrogen and oxygen atoms in total. The molecule has 1 aliphatic heterocycles. The number of hydrogen-bond acceptors (Lipinski definition) is 5. The summed E-state index contributed by atoms with van der Waals surface area (Å²) in [5, 5.41) is 7.67. The number of aromatic nitrogens is 3. The molecule has 0 bridgehead atoms. The number of para-hydroxylation sites is 1. The number of hydrogen-bond donors (Lipinski definition) is 1. The van der Waals surface area contributed by atoms with Gasteiger partial charge in [0.05, 0.1) is 17.9 Å². The summed E-state index contributed by atoms with van der Waals surface area (Å²) >= 11 is 0. The Bertz CT molecular complexity index is 1130. The maximum Gasteiger partial charge on any atom is 0.256 e. The van der Waals surface area contributed by atoms with E-state index in [9.17, 15) is 4.79 Å². The second kappa shape index (κ2) is 8.26. The van der Waals surface area contributed by atoms with Crippen LogP contribution in [0.1, 0.15) is 39.0 Å². The van der Waals surface area contributed by atoms with Gasteiger partial charge in [0.1, 0.15) is 12.4 Å². The van der Waals surface area contributed by atoms with Gasteiger partial charge in [-0.2, -0.15) is 9.78 Å². The third-order valence-corrected chi connectivity index (χ3v) is 4.89. The predicted molar refractivity (Wildman–Crippen MR) is 120 cm³/mol. The number of rotatable bonds is 5. The van der Waals surface area contributed by atoms with Crippen molar-refractivity contribution in [1.29, 1.82) is 0 Å². The molecule has 1 aliphatic rings. The van der Waals surface area contributed by atoms with E-state index in [4.69, 9.17) is 14.6 Å². The lowest BCUT2D eigenvalue weighted by Gasteiger charge is -2.20. The molecule has 0 saturated carbocycles. The minimum Gasteiger partial charge on any atom is -0.490 e. The summed E-state index contributed by atoms with van der Waals surface area (Å²) in [7, 11) is 0. The number of amides is 1. The topological polar surface area (TPSA) is 78.3 Å². The molecule has 160 valence electrons. The van der Waals surface area contributed by atoms with Crippen molar-refractivity contribution in [2.24, 2.45) is 0 Å². The Morgan fingerprint density at radius 1 is 1.23 bits per heavy atom. The van der Waals surface area contributed by atoms with Crippen LogP contribution in [-0.2, 0) is 10.2 Å². The summed E-state index contributed by atoms with van der Waals surface area (Å²) < 4.78 is 13.1. The highest BCUT2D eigenvalue weighted by Crippen LogP contribution is 2.36. The van der Waals surface area contributed by atoms with Crippen molar-refractivity contribution in [1.82, 2.24) is 14.8 Å². The largest absolute Gasteiger partial charge is 0.490 e. The number of benzene rings is 1. The van der Waals surface area contributed by atoms with Gasteiger partial charge in [-0.15, -0.1) is 0 Å². The number of fused-ring (bicyclic) bond motifs is 1. The molecule has 7 heteroatoms. The van der Waals surface area contributed by atoms with Crippen LogP contribution < -0.4 is 14.8 Å². The molecule has 3 heterocycles. The molecule has 0 spiro atoms. The summed E-state index contributed by atoms with van der Waals surface area (Å²) in [5.74, 6) is 2.29. The standard InChI is InChI=1S/C24H26N4O3/c1-5-30-18-10-8-9-16-13-17(15-31-22(16)18)23(29)26-21-14-19(24(2,3)4)27-28(21)20-11-6-7-12-25-20/h6-14H,5,15H2,1-4H3,(H,26,29). The molecule has 1 aromatic carbocycles.